The first-order chi connectivity index (χ1) is 16.2. The highest BCUT2D eigenvalue weighted by atomic mass is 19.1. The zero-order valence-corrected chi connectivity index (χ0v) is 21.4. The van der Waals surface area contributed by atoms with Crippen molar-refractivity contribution in [1.82, 2.24) is 4.98 Å². The number of carbonyl (C=O) groups excluding carboxylic acids is 2. The number of hydrogen-bond acceptors (Lipinski definition) is 8. The normalized spacial score (nSPS) is 37.5. The Hall–Kier alpha value is -2.10. The van der Waals surface area contributed by atoms with Gasteiger partial charge >= 0.3 is 5.97 Å². The summed E-state index contributed by atoms with van der Waals surface area (Å²) in [5.41, 5.74) is -1.53. The quantitative estimate of drug-likeness (QED) is 0.468. The molecule has 196 valence electrons. The molecular formula is C26H38FNO7. The minimum atomic E-state index is -1.37. The van der Waals surface area contributed by atoms with Gasteiger partial charge < -0.3 is 24.1 Å². The largest absolute Gasteiger partial charge is 0.455 e. The maximum absolute atomic E-state index is 15.2. The Bertz CT molecular complexity index is 957. The summed E-state index contributed by atoms with van der Waals surface area (Å²) >= 11 is 0. The second-order valence-corrected chi connectivity index (χ2v) is 10.9. The molecule has 0 aromatic carbocycles. The van der Waals surface area contributed by atoms with E-state index in [-0.39, 0.29) is 29.9 Å². The van der Waals surface area contributed by atoms with E-state index in [9.17, 15) is 19.8 Å². The summed E-state index contributed by atoms with van der Waals surface area (Å²) in [6.45, 7) is 10.2. The van der Waals surface area contributed by atoms with Crippen LogP contribution >= 0.6 is 0 Å². The molecule has 9 heteroatoms. The number of cyclic esters (lactones) is 1. The minimum absolute atomic E-state index is 0.106. The Morgan fingerprint density at radius 2 is 1.91 bits per heavy atom. The monoisotopic (exact) mass is 495 g/mol. The number of carbonyl (C=O) groups is 2. The highest BCUT2D eigenvalue weighted by Crippen LogP contribution is 2.45. The number of aliphatic hydroxyl groups is 2. The first kappa shape index (κ1) is 27.5. The zero-order chi connectivity index (χ0) is 26.1. The summed E-state index contributed by atoms with van der Waals surface area (Å²) < 4.78 is 31.7. The van der Waals surface area contributed by atoms with E-state index in [0.717, 1.165) is 12.5 Å². The SMILES string of the molecule is Cc1nc(C=C(F)C2CC3OC3(C)CCCC(C)C(O)C(C)C(=O)C(C)(C)C(O)CC(=O)O2)co1. The van der Waals surface area contributed by atoms with Crippen molar-refractivity contribution in [3.8, 4) is 0 Å². The number of oxazole rings is 1. The van der Waals surface area contributed by atoms with Gasteiger partial charge in [-0.1, -0.05) is 34.1 Å². The van der Waals surface area contributed by atoms with E-state index in [1.54, 1.807) is 27.7 Å². The van der Waals surface area contributed by atoms with E-state index in [2.05, 4.69) is 4.98 Å². The van der Waals surface area contributed by atoms with Crippen molar-refractivity contribution >= 4 is 17.8 Å². The molecule has 2 aliphatic rings. The van der Waals surface area contributed by atoms with Crippen LogP contribution in [0, 0.1) is 24.2 Å². The number of Topliss-reactive ketones (excluding diaryl/α,β-unsaturated/α-hetero) is 1. The van der Waals surface area contributed by atoms with Crippen LogP contribution in [0.25, 0.3) is 6.08 Å². The van der Waals surface area contributed by atoms with E-state index in [0.29, 0.717) is 18.7 Å². The molecule has 8 nitrogen and oxygen atoms in total. The van der Waals surface area contributed by atoms with E-state index in [1.165, 1.54) is 6.26 Å². The van der Waals surface area contributed by atoms with Crippen molar-refractivity contribution in [2.45, 2.75) is 104 Å². The fourth-order valence-corrected chi connectivity index (χ4v) is 4.86. The van der Waals surface area contributed by atoms with Crippen LogP contribution in [-0.2, 0) is 19.1 Å². The Balaban J connectivity index is 1.85. The van der Waals surface area contributed by atoms with Crippen LogP contribution in [-0.4, -0.2) is 57.0 Å². The molecule has 0 saturated carbocycles. The van der Waals surface area contributed by atoms with Crippen LogP contribution in [0.3, 0.4) is 0 Å². The van der Waals surface area contributed by atoms with Gasteiger partial charge in [-0.25, -0.2) is 9.37 Å². The standard InChI is InChI=1S/C26H38FNO7/c1-14-8-7-9-26(6)21(35-26)11-19(18(27)10-17-13-33-16(3)28-17)34-22(30)12-20(29)25(4,5)24(32)15(2)23(14)31/h10,13-15,19-21,23,29,31H,7-9,11-12H2,1-6H3. The molecule has 2 fully saturated rings. The van der Waals surface area contributed by atoms with Crippen molar-refractivity contribution in [3.05, 3.63) is 23.7 Å². The van der Waals surface area contributed by atoms with Crippen LogP contribution in [0.4, 0.5) is 4.39 Å². The number of hydrogen-bond donors (Lipinski definition) is 2. The van der Waals surface area contributed by atoms with Crippen LogP contribution in [0.15, 0.2) is 16.5 Å². The number of halogens is 1. The summed E-state index contributed by atoms with van der Waals surface area (Å²) in [4.78, 5) is 29.9. The summed E-state index contributed by atoms with van der Waals surface area (Å²) in [6, 6.07) is 0. The van der Waals surface area contributed by atoms with Crippen LogP contribution in [0.5, 0.6) is 0 Å². The number of aliphatic hydroxyl groups excluding tert-OH is 2. The number of aryl methyl sites for hydroxylation is 1. The number of fused-ring (bicyclic) bond motifs is 1. The number of rotatable bonds is 2. The minimum Gasteiger partial charge on any atom is -0.455 e. The molecule has 3 rings (SSSR count). The molecule has 7 unspecified atom stereocenters. The van der Waals surface area contributed by atoms with Gasteiger partial charge in [0.05, 0.1) is 35.7 Å². The lowest BCUT2D eigenvalue weighted by molar-refractivity contribution is -0.155. The summed E-state index contributed by atoms with van der Waals surface area (Å²) in [5, 5.41) is 21.5. The van der Waals surface area contributed by atoms with Crippen molar-refractivity contribution < 1.29 is 38.1 Å². The Morgan fingerprint density at radius 3 is 2.54 bits per heavy atom. The molecule has 7 atom stereocenters. The Morgan fingerprint density at radius 1 is 1.23 bits per heavy atom. The first-order valence-corrected chi connectivity index (χ1v) is 12.3. The number of nitrogens with zero attached hydrogens (tertiary/aromatic N) is 1. The number of esters is 1. The number of epoxide rings is 1. The second kappa shape index (κ2) is 10.5. The molecule has 1 aromatic heterocycles. The molecule has 0 aliphatic carbocycles. The maximum Gasteiger partial charge on any atom is 0.309 e. The Labute approximate surface area is 205 Å². The smallest absolute Gasteiger partial charge is 0.309 e. The van der Waals surface area contributed by atoms with Crippen LogP contribution in [0.1, 0.15) is 78.3 Å². The van der Waals surface area contributed by atoms with Gasteiger partial charge in [0.15, 0.2) is 12.0 Å². The molecule has 0 bridgehead atoms. The summed E-state index contributed by atoms with van der Waals surface area (Å²) in [5.74, 6) is -2.37. The molecule has 2 aliphatic heterocycles. The lowest BCUT2D eigenvalue weighted by Gasteiger charge is -2.34. The van der Waals surface area contributed by atoms with E-state index in [4.69, 9.17) is 13.9 Å². The first-order valence-electron chi connectivity index (χ1n) is 12.3. The lowest BCUT2D eigenvalue weighted by Crippen LogP contribution is -2.45. The average molecular weight is 496 g/mol. The predicted molar refractivity (Wildman–Crippen MR) is 126 cm³/mol. The van der Waals surface area contributed by atoms with Crippen molar-refractivity contribution in [1.29, 1.82) is 0 Å². The molecule has 3 heterocycles. The third-order valence-electron chi connectivity index (χ3n) is 7.64. The lowest BCUT2D eigenvalue weighted by atomic mass is 9.73. The number of ether oxygens (including phenoxy) is 2. The van der Waals surface area contributed by atoms with Gasteiger partial charge in [-0.2, -0.15) is 0 Å². The van der Waals surface area contributed by atoms with Gasteiger partial charge in [-0.15, -0.1) is 0 Å². The molecule has 0 radical (unpaired) electrons. The third-order valence-corrected chi connectivity index (χ3v) is 7.64. The molecular weight excluding hydrogens is 457 g/mol. The second-order valence-electron chi connectivity index (χ2n) is 10.9. The molecule has 1 aromatic rings. The van der Waals surface area contributed by atoms with E-state index >= 15 is 4.39 Å². The van der Waals surface area contributed by atoms with Crippen LogP contribution in [0.2, 0.25) is 0 Å². The summed E-state index contributed by atoms with van der Waals surface area (Å²) in [7, 11) is 0. The Kier molecular flexibility index (Phi) is 8.23. The van der Waals surface area contributed by atoms with Gasteiger partial charge in [0.2, 0.25) is 0 Å². The van der Waals surface area contributed by atoms with E-state index < -0.39 is 53.5 Å². The number of ketones is 1. The highest BCUT2D eigenvalue weighted by molar-refractivity contribution is 5.88. The van der Waals surface area contributed by atoms with Gasteiger partial charge in [-0.05, 0) is 25.7 Å². The molecule has 2 saturated heterocycles. The van der Waals surface area contributed by atoms with Crippen molar-refractivity contribution in [2.75, 3.05) is 0 Å². The van der Waals surface area contributed by atoms with Gasteiger partial charge in [0.25, 0.3) is 0 Å². The molecule has 0 spiro atoms. The third kappa shape index (κ3) is 6.37. The molecule has 35 heavy (non-hydrogen) atoms. The van der Waals surface area contributed by atoms with Gasteiger partial charge in [0, 0.05) is 25.3 Å². The fraction of sp³-hybridized carbons (Fsp3) is 0.731. The van der Waals surface area contributed by atoms with E-state index in [1.807, 2.05) is 13.8 Å². The van der Waals surface area contributed by atoms with Crippen molar-refractivity contribution in [3.63, 3.8) is 0 Å². The van der Waals surface area contributed by atoms with Gasteiger partial charge in [-0.3, -0.25) is 9.59 Å². The molecule has 0 amide bonds. The van der Waals surface area contributed by atoms with Crippen LogP contribution < -0.4 is 0 Å². The predicted octanol–water partition coefficient (Wildman–Crippen LogP) is 3.92. The zero-order valence-electron chi connectivity index (χ0n) is 21.4. The number of aromatic nitrogens is 1. The fourth-order valence-electron chi connectivity index (χ4n) is 4.86. The highest BCUT2D eigenvalue weighted by Gasteiger charge is 2.53. The maximum atomic E-state index is 15.2. The molecule has 2 N–H and O–H groups in total. The van der Waals surface area contributed by atoms with Gasteiger partial charge in [0.1, 0.15) is 23.6 Å². The van der Waals surface area contributed by atoms with Crippen molar-refractivity contribution in [2.24, 2.45) is 17.3 Å². The topological polar surface area (TPSA) is 122 Å². The average Bonchev–Trinajstić information content (AvgIpc) is 3.22. The summed E-state index contributed by atoms with van der Waals surface area (Å²) in [6.07, 6.45) is 0.413.